The summed E-state index contributed by atoms with van der Waals surface area (Å²) in [6, 6.07) is 1.69. The Balaban J connectivity index is 1.64. The van der Waals surface area contributed by atoms with Gasteiger partial charge in [-0.1, -0.05) is 19.3 Å². The lowest BCUT2D eigenvalue weighted by atomic mass is 9.75. The third-order valence-electron chi connectivity index (χ3n) is 4.86. The average molecular weight is 277 g/mol. The fraction of sp³-hybridized carbons (Fsp3) is 0.667. The Labute approximate surface area is 119 Å². The maximum atomic E-state index is 11.7. The third-order valence-corrected chi connectivity index (χ3v) is 4.86. The summed E-state index contributed by atoms with van der Waals surface area (Å²) in [6.45, 7) is 2.94. The van der Waals surface area contributed by atoms with Gasteiger partial charge in [-0.3, -0.25) is 15.1 Å². The minimum atomic E-state index is -0.277. The van der Waals surface area contributed by atoms with E-state index < -0.39 is 0 Å². The lowest BCUT2D eigenvalue weighted by Crippen LogP contribution is -2.41. The van der Waals surface area contributed by atoms with Gasteiger partial charge in [-0.15, -0.1) is 0 Å². The zero-order valence-electron chi connectivity index (χ0n) is 11.8. The average Bonchev–Trinajstić information content (AvgIpc) is 2.94. The van der Waals surface area contributed by atoms with E-state index >= 15 is 0 Å². The van der Waals surface area contributed by atoms with E-state index in [4.69, 9.17) is 10.3 Å². The molecule has 0 spiro atoms. The molecule has 2 atom stereocenters. The summed E-state index contributed by atoms with van der Waals surface area (Å²) in [7, 11) is 0. The van der Waals surface area contributed by atoms with Crippen LogP contribution in [-0.4, -0.2) is 23.9 Å². The summed E-state index contributed by atoms with van der Waals surface area (Å²) < 4.78 is 5.47. The van der Waals surface area contributed by atoms with E-state index in [1.807, 2.05) is 0 Å². The predicted octanol–water partition coefficient (Wildman–Crippen LogP) is 1.90. The Bertz CT molecular complexity index is 471. The van der Waals surface area contributed by atoms with E-state index in [0.29, 0.717) is 12.1 Å². The standard InChI is InChI=1S/C15H23N3O2/c16-17-15(19)13-6-8-20-14(13)10-18-7-5-11-3-1-2-4-12(11)9-18/h6,8,11-12H,1-5,7,9-10,16H2,(H,17,19). The van der Waals surface area contributed by atoms with Crippen molar-refractivity contribution in [1.82, 2.24) is 10.3 Å². The van der Waals surface area contributed by atoms with Gasteiger partial charge in [-0.05, 0) is 37.3 Å². The van der Waals surface area contributed by atoms with E-state index in [-0.39, 0.29) is 5.91 Å². The first-order valence-electron chi connectivity index (χ1n) is 7.57. The van der Waals surface area contributed by atoms with Gasteiger partial charge in [0.25, 0.3) is 5.91 Å². The van der Waals surface area contributed by atoms with Crippen molar-refractivity contribution in [2.45, 2.75) is 38.6 Å². The number of furan rings is 1. The van der Waals surface area contributed by atoms with E-state index in [1.54, 1.807) is 12.3 Å². The lowest BCUT2D eigenvalue weighted by molar-refractivity contribution is 0.0765. The molecule has 0 radical (unpaired) electrons. The molecule has 3 rings (SSSR count). The number of nitrogens with two attached hydrogens (primary N) is 1. The zero-order valence-corrected chi connectivity index (χ0v) is 11.8. The fourth-order valence-electron chi connectivity index (χ4n) is 3.77. The van der Waals surface area contributed by atoms with Crippen LogP contribution in [0.5, 0.6) is 0 Å². The second-order valence-corrected chi connectivity index (χ2v) is 6.06. The number of hydrazine groups is 1. The van der Waals surface area contributed by atoms with E-state index in [0.717, 1.165) is 30.7 Å². The highest BCUT2D eigenvalue weighted by Crippen LogP contribution is 2.36. The number of fused-ring (bicyclic) bond motifs is 1. The minimum Gasteiger partial charge on any atom is -0.467 e. The Morgan fingerprint density at radius 1 is 1.35 bits per heavy atom. The Hall–Kier alpha value is -1.33. The molecule has 1 aromatic rings. The largest absolute Gasteiger partial charge is 0.467 e. The number of likely N-dealkylation sites (tertiary alicyclic amines) is 1. The molecule has 0 bridgehead atoms. The first-order valence-corrected chi connectivity index (χ1v) is 7.57. The van der Waals surface area contributed by atoms with Gasteiger partial charge in [0.2, 0.25) is 0 Å². The van der Waals surface area contributed by atoms with E-state index in [1.165, 1.54) is 32.1 Å². The normalized spacial score (nSPS) is 27.1. The van der Waals surface area contributed by atoms with Crippen LogP contribution in [0.2, 0.25) is 0 Å². The van der Waals surface area contributed by atoms with Gasteiger partial charge in [0.15, 0.2) is 0 Å². The number of hydrogen-bond acceptors (Lipinski definition) is 4. The molecule has 2 fully saturated rings. The second kappa shape index (κ2) is 5.97. The number of hydrogen-bond donors (Lipinski definition) is 2. The van der Waals surface area contributed by atoms with Crippen LogP contribution in [-0.2, 0) is 6.54 Å². The predicted molar refractivity (Wildman–Crippen MR) is 75.7 cm³/mol. The molecule has 2 heterocycles. The van der Waals surface area contributed by atoms with Crippen LogP contribution in [0.25, 0.3) is 0 Å². The van der Waals surface area contributed by atoms with Gasteiger partial charge in [-0.25, -0.2) is 5.84 Å². The first-order chi connectivity index (χ1) is 9.78. The molecule has 110 valence electrons. The third kappa shape index (κ3) is 2.74. The topological polar surface area (TPSA) is 71.5 Å². The van der Waals surface area contributed by atoms with Crippen LogP contribution in [0, 0.1) is 11.8 Å². The van der Waals surface area contributed by atoms with Crippen LogP contribution < -0.4 is 11.3 Å². The lowest BCUT2D eigenvalue weighted by Gasteiger charge is -2.41. The highest BCUT2D eigenvalue weighted by Gasteiger charge is 2.31. The molecular formula is C15H23N3O2. The van der Waals surface area contributed by atoms with Gasteiger partial charge in [0.05, 0.1) is 18.4 Å². The molecule has 3 N–H and O–H groups in total. The van der Waals surface area contributed by atoms with Crippen molar-refractivity contribution >= 4 is 5.91 Å². The first kappa shape index (κ1) is 13.6. The van der Waals surface area contributed by atoms with Crippen molar-refractivity contribution in [1.29, 1.82) is 0 Å². The molecule has 1 aliphatic carbocycles. The van der Waals surface area contributed by atoms with Crippen molar-refractivity contribution in [3.8, 4) is 0 Å². The number of nitrogens with zero attached hydrogens (tertiary/aromatic N) is 1. The van der Waals surface area contributed by atoms with Crippen molar-refractivity contribution in [2.24, 2.45) is 17.7 Å². The summed E-state index contributed by atoms with van der Waals surface area (Å²) in [5.41, 5.74) is 2.73. The van der Waals surface area contributed by atoms with Crippen LogP contribution >= 0.6 is 0 Å². The zero-order chi connectivity index (χ0) is 13.9. The Morgan fingerprint density at radius 2 is 2.15 bits per heavy atom. The van der Waals surface area contributed by atoms with Crippen LogP contribution in [0.3, 0.4) is 0 Å². The van der Waals surface area contributed by atoms with Gasteiger partial charge in [0, 0.05) is 6.54 Å². The van der Waals surface area contributed by atoms with Gasteiger partial charge >= 0.3 is 0 Å². The van der Waals surface area contributed by atoms with Crippen molar-refractivity contribution in [3.63, 3.8) is 0 Å². The SMILES string of the molecule is NNC(=O)c1ccoc1CN1CCC2CCCCC2C1. The summed E-state index contributed by atoms with van der Waals surface area (Å²) >= 11 is 0. The van der Waals surface area contributed by atoms with Gasteiger partial charge in [-0.2, -0.15) is 0 Å². The molecule has 5 heteroatoms. The monoisotopic (exact) mass is 277 g/mol. The van der Waals surface area contributed by atoms with Crippen LogP contribution in [0.1, 0.15) is 48.2 Å². The summed E-state index contributed by atoms with van der Waals surface area (Å²) in [6.07, 6.45) is 8.38. The molecule has 1 aliphatic heterocycles. The van der Waals surface area contributed by atoms with Gasteiger partial charge < -0.3 is 4.42 Å². The number of nitrogen functional groups attached to an aromatic ring is 1. The molecule has 1 saturated carbocycles. The molecule has 0 aromatic carbocycles. The Kier molecular flexibility index (Phi) is 4.08. The second-order valence-electron chi connectivity index (χ2n) is 6.06. The molecule has 5 nitrogen and oxygen atoms in total. The molecule has 20 heavy (non-hydrogen) atoms. The number of carbonyl (C=O) groups is 1. The summed E-state index contributed by atoms with van der Waals surface area (Å²) in [4.78, 5) is 14.1. The molecule has 2 unspecified atom stereocenters. The van der Waals surface area contributed by atoms with Crippen LogP contribution in [0.15, 0.2) is 16.7 Å². The molecule has 1 aromatic heterocycles. The highest BCUT2D eigenvalue weighted by atomic mass is 16.3. The summed E-state index contributed by atoms with van der Waals surface area (Å²) in [5, 5.41) is 0. The van der Waals surface area contributed by atoms with Gasteiger partial charge in [0.1, 0.15) is 5.76 Å². The molecule has 1 amide bonds. The maximum Gasteiger partial charge on any atom is 0.268 e. The summed E-state index contributed by atoms with van der Waals surface area (Å²) in [5.74, 6) is 7.40. The Morgan fingerprint density at radius 3 is 2.95 bits per heavy atom. The quantitative estimate of drug-likeness (QED) is 0.503. The number of nitrogens with one attached hydrogen (secondary N) is 1. The van der Waals surface area contributed by atoms with E-state index in [9.17, 15) is 4.79 Å². The maximum absolute atomic E-state index is 11.7. The number of piperidine rings is 1. The van der Waals surface area contributed by atoms with E-state index in [2.05, 4.69) is 10.3 Å². The van der Waals surface area contributed by atoms with Crippen molar-refractivity contribution < 1.29 is 9.21 Å². The highest BCUT2D eigenvalue weighted by molar-refractivity contribution is 5.94. The number of amides is 1. The number of rotatable bonds is 3. The molecule has 1 saturated heterocycles. The smallest absolute Gasteiger partial charge is 0.268 e. The minimum absolute atomic E-state index is 0.277. The fourth-order valence-corrected chi connectivity index (χ4v) is 3.77. The van der Waals surface area contributed by atoms with Crippen molar-refractivity contribution in [2.75, 3.05) is 13.1 Å². The molecule has 2 aliphatic rings. The van der Waals surface area contributed by atoms with Crippen molar-refractivity contribution in [3.05, 3.63) is 23.7 Å². The molecular weight excluding hydrogens is 254 g/mol. The number of carbonyl (C=O) groups excluding carboxylic acids is 1. The van der Waals surface area contributed by atoms with Crippen LogP contribution in [0.4, 0.5) is 0 Å².